The molecule has 2 aromatic carbocycles. The van der Waals surface area contributed by atoms with Gasteiger partial charge in [0.1, 0.15) is 0 Å². The molecule has 126 valence electrons. The third kappa shape index (κ3) is 3.40. The molecule has 0 aliphatic rings. The minimum absolute atomic E-state index is 0.165. The van der Waals surface area contributed by atoms with Gasteiger partial charge in [0.25, 0.3) is 11.6 Å². The molecule has 0 bridgehead atoms. The third-order valence-corrected chi connectivity index (χ3v) is 3.83. The van der Waals surface area contributed by atoms with Crippen LogP contribution in [0.1, 0.15) is 29.1 Å². The molecular weight excluding hydrogens is 324 g/mol. The van der Waals surface area contributed by atoms with Crippen molar-refractivity contribution in [3.8, 4) is 0 Å². The van der Waals surface area contributed by atoms with E-state index in [9.17, 15) is 19.7 Å². The number of hydrogen-bond acceptors (Lipinski definition) is 5. The summed E-state index contributed by atoms with van der Waals surface area (Å²) in [5.74, 6) is -0.761. The fourth-order valence-corrected chi connectivity index (χ4v) is 2.50. The van der Waals surface area contributed by atoms with Gasteiger partial charge < -0.3 is 9.73 Å². The van der Waals surface area contributed by atoms with Crippen molar-refractivity contribution in [3.63, 3.8) is 0 Å². The topological polar surface area (TPSA) is 102 Å². The van der Waals surface area contributed by atoms with E-state index in [0.717, 1.165) is 5.56 Å². The second-order valence-electron chi connectivity index (χ2n) is 5.53. The van der Waals surface area contributed by atoms with Crippen molar-refractivity contribution < 1.29 is 14.1 Å². The number of nitro groups is 1. The molecule has 1 atom stereocenters. The van der Waals surface area contributed by atoms with Crippen LogP contribution in [0.3, 0.4) is 0 Å². The van der Waals surface area contributed by atoms with E-state index in [1.807, 2.05) is 30.3 Å². The maximum absolute atomic E-state index is 12.4. The molecule has 0 unspecified atom stereocenters. The molecule has 3 aromatic rings. The summed E-state index contributed by atoms with van der Waals surface area (Å²) in [5.41, 5.74) is 0.0154. The van der Waals surface area contributed by atoms with Crippen molar-refractivity contribution in [2.75, 3.05) is 0 Å². The first-order valence-electron chi connectivity index (χ1n) is 7.54. The second-order valence-corrected chi connectivity index (χ2v) is 5.53. The number of nitro benzene ring substituents is 1. The monoisotopic (exact) mass is 338 g/mol. The highest BCUT2D eigenvalue weighted by Crippen LogP contribution is 2.20. The first-order chi connectivity index (χ1) is 12.0. The molecule has 0 spiro atoms. The Morgan fingerprint density at radius 2 is 1.88 bits per heavy atom. The normalized spacial score (nSPS) is 11.9. The molecule has 1 aromatic heterocycles. The standard InChI is InChI=1S/C18H14N2O5/c1-11(12-5-3-2-4-6-12)19-17(21)16-10-13-9-14(20(23)24)7-8-15(13)18(22)25-16/h2-11H,1H3,(H,19,21)/t11-/m0/s1. The average Bonchev–Trinajstić information content (AvgIpc) is 2.61. The van der Waals surface area contributed by atoms with Crippen molar-refractivity contribution in [2.45, 2.75) is 13.0 Å². The van der Waals surface area contributed by atoms with Gasteiger partial charge in [0.15, 0.2) is 5.76 Å². The second kappa shape index (κ2) is 6.56. The highest BCUT2D eigenvalue weighted by Gasteiger charge is 2.17. The molecule has 0 saturated carbocycles. The van der Waals surface area contributed by atoms with Crippen molar-refractivity contribution in [3.05, 3.63) is 86.5 Å². The fourth-order valence-electron chi connectivity index (χ4n) is 2.50. The number of non-ortho nitro benzene ring substituents is 1. The van der Waals surface area contributed by atoms with Crippen LogP contribution in [-0.4, -0.2) is 10.8 Å². The lowest BCUT2D eigenvalue weighted by Crippen LogP contribution is -2.27. The Hall–Kier alpha value is -3.48. The van der Waals surface area contributed by atoms with Gasteiger partial charge in [0.2, 0.25) is 0 Å². The van der Waals surface area contributed by atoms with E-state index < -0.39 is 16.5 Å². The van der Waals surface area contributed by atoms with Crippen molar-refractivity contribution in [2.24, 2.45) is 0 Å². The van der Waals surface area contributed by atoms with Gasteiger partial charge in [0, 0.05) is 12.1 Å². The number of amides is 1. The summed E-state index contributed by atoms with van der Waals surface area (Å²) in [6, 6.07) is 14.1. The molecule has 1 amide bonds. The zero-order valence-corrected chi connectivity index (χ0v) is 13.3. The van der Waals surface area contributed by atoms with Gasteiger partial charge >= 0.3 is 5.63 Å². The van der Waals surface area contributed by atoms with Crippen LogP contribution in [-0.2, 0) is 0 Å². The average molecular weight is 338 g/mol. The summed E-state index contributed by atoms with van der Waals surface area (Å²) in [5, 5.41) is 14.1. The minimum Gasteiger partial charge on any atom is -0.417 e. The number of carbonyl (C=O) groups excluding carboxylic acids is 1. The predicted molar refractivity (Wildman–Crippen MR) is 91.5 cm³/mol. The first kappa shape index (κ1) is 16.4. The van der Waals surface area contributed by atoms with E-state index in [2.05, 4.69) is 5.32 Å². The molecule has 0 saturated heterocycles. The molecule has 7 nitrogen and oxygen atoms in total. The quantitative estimate of drug-likeness (QED) is 0.581. The summed E-state index contributed by atoms with van der Waals surface area (Å²) < 4.78 is 5.05. The third-order valence-electron chi connectivity index (χ3n) is 3.83. The van der Waals surface area contributed by atoms with Gasteiger partial charge in [-0.05, 0) is 30.0 Å². The van der Waals surface area contributed by atoms with Crippen LogP contribution in [0.15, 0.2) is 63.8 Å². The molecule has 1 N–H and O–H groups in total. The maximum atomic E-state index is 12.4. The Balaban J connectivity index is 1.93. The Bertz CT molecular complexity index is 1010. The lowest BCUT2D eigenvalue weighted by atomic mass is 10.1. The smallest absolute Gasteiger partial charge is 0.344 e. The Morgan fingerprint density at radius 1 is 1.16 bits per heavy atom. The van der Waals surface area contributed by atoms with Crippen LogP contribution >= 0.6 is 0 Å². The number of nitrogens with one attached hydrogen (secondary N) is 1. The molecule has 1 heterocycles. The van der Waals surface area contributed by atoms with Crippen LogP contribution in [0.25, 0.3) is 10.8 Å². The molecule has 25 heavy (non-hydrogen) atoms. The summed E-state index contributed by atoms with van der Waals surface area (Å²) in [6.07, 6.45) is 0. The summed E-state index contributed by atoms with van der Waals surface area (Å²) in [4.78, 5) is 34.7. The Morgan fingerprint density at radius 3 is 2.56 bits per heavy atom. The number of rotatable bonds is 4. The van der Waals surface area contributed by atoms with Crippen molar-refractivity contribution in [1.29, 1.82) is 0 Å². The van der Waals surface area contributed by atoms with E-state index in [1.54, 1.807) is 6.92 Å². The van der Waals surface area contributed by atoms with E-state index >= 15 is 0 Å². The van der Waals surface area contributed by atoms with Gasteiger partial charge in [0.05, 0.1) is 16.4 Å². The molecule has 0 aliphatic heterocycles. The maximum Gasteiger partial charge on any atom is 0.344 e. The number of carbonyl (C=O) groups is 1. The predicted octanol–water partition coefficient (Wildman–Crippen LogP) is 3.19. The van der Waals surface area contributed by atoms with Gasteiger partial charge in [-0.3, -0.25) is 14.9 Å². The minimum atomic E-state index is -0.718. The zero-order valence-electron chi connectivity index (χ0n) is 13.3. The summed E-state index contributed by atoms with van der Waals surface area (Å²) in [6.45, 7) is 1.80. The summed E-state index contributed by atoms with van der Waals surface area (Å²) >= 11 is 0. The van der Waals surface area contributed by atoms with Gasteiger partial charge in [-0.15, -0.1) is 0 Å². The molecule has 3 rings (SSSR count). The molecule has 0 aliphatic carbocycles. The van der Waals surface area contributed by atoms with Gasteiger partial charge in [-0.25, -0.2) is 4.79 Å². The van der Waals surface area contributed by atoms with Crippen LogP contribution < -0.4 is 10.9 Å². The lowest BCUT2D eigenvalue weighted by Gasteiger charge is -2.13. The van der Waals surface area contributed by atoms with E-state index in [-0.39, 0.29) is 28.3 Å². The highest BCUT2D eigenvalue weighted by atomic mass is 16.6. The van der Waals surface area contributed by atoms with Crippen LogP contribution in [0, 0.1) is 10.1 Å². The number of hydrogen-bond donors (Lipinski definition) is 1. The zero-order chi connectivity index (χ0) is 18.0. The van der Waals surface area contributed by atoms with Crippen LogP contribution in [0.4, 0.5) is 5.69 Å². The Labute approximate surface area is 142 Å². The lowest BCUT2D eigenvalue weighted by molar-refractivity contribution is -0.384. The van der Waals surface area contributed by atoms with Gasteiger partial charge in [-0.2, -0.15) is 0 Å². The first-order valence-corrected chi connectivity index (χ1v) is 7.54. The SMILES string of the molecule is C[C@H](NC(=O)c1cc2cc([N+](=O)[O-])ccc2c(=O)o1)c1ccccc1. The van der Waals surface area contributed by atoms with E-state index in [0.29, 0.717) is 0 Å². The number of benzene rings is 2. The molecule has 7 heteroatoms. The van der Waals surface area contributed by atoms with E-state index in [1.165, 1.54) is 24.3 Å². The summed E-state index contributed by atoms with van der Waals surface area (Å²) in [7, 11) is 0. The number of fused-ring (bicyclic) bond motifs is 1. The molecule has 0 fully saturated rings. The fraction of sp³-hybridized carbons (Fsp3) is 0.111. The van der Waals surface area contributed by atoms with Crippen LogP contribution in [0.5, 0.6) is 0 Å². The highest BCUT2D eigenvalue weighted by molar-refractivity contribution is 5.95. The number of nitrogens with zero attached hydrogens (tertiary/aromatic N) is 1. The van der Waals surface area contributed by atoms with E-state index in [4.69, 9.17) is 4.42 Å². The van der Waals surface area contributed by atoms with Crippen LogP contribution in [0.2, 0.25) is 0 Å². The largest absolute Gasteiger partial charge is 0.417 e. The van der Waals surface area contributed by atoms with Crippen molar-refractivity contribution >= 4 is 22.4 Å². The Kier molecular flexibility index (Phi) is 4.30. The van der Waals surface area contributed by atoms with Gasteiger partial charge in [-0.1, -0.05) is 30.3 Å². The molecular formula is C18H14N2O5. The molecule has 0 radical (unpaired) electrons. The van der Waals surface area contributed by atoms with Crippen molar-refractivity contribution in [1.82, 2.24) is 5.32 Å².